The molecule has 0 saturated heterocycles. The topological polar surface area (TPSA) is 68.0 Å². The molecule has 0 saturated carbocycles. The van der Waals surface area contributed by atoms with Gasteiger partial charge in [-0.1, -0.05) is 47.9 Å². The molecule has 8 heteroatoms. The number of nitrogens with zero attached hydrogens (tertiary/aromatic N) is 2. The van der Waals surface area contributed by atoms with Gasteiger partial charge in [0.2, 0.25) is 0 Å². The molecule has 0 unspecified atom stereocenters. The zero-order valence-corrected chi connectivity index (χ0v) is 14.4. The van der Waals surface area contributed by atoms with E-state index in [9.17, 15) is 13.6 Å². The van der Waals surface area contributed by atoms with E-state index in [2.05, 4.69) is 31.4 Å². The van der Waals surface area contributed by atoms with Crippen molar-refractivity contribution in [1.82, 2.24) is 15.5 Å². The third kappa shape index (κ3) is 4.34. The van der Waals surface area contributed by atoms with Crippen molar-refractivity contribution in [3.05, 3.63) is 45.5 Å². The molecule has 124 valence electrons. The molecule has 0 radical (unpaired) electrons. The van der Waals surface area contributed by atoms with Crippen LogP contribution in [-0.2, 0) is 12.0 Å². The Balaban J connectivity index is 2.09. The number of hydrogen-bond acceptors (Lipinski definition) is 4. The molecule has 2 rings (SSSR count). The molecule has 2 aromatic rings. The summed E-state index contributed by atoms with van der Waals surface area (Å²) in [6, 6.07) is 4.49. The Morgan fingerprint density at radius 3 is 2.65 bits per heavy atom. The first kappa shape index (κ1) is 17.5. The summed E-state index contributed by atoms with van der Waals surface area (Å²) in [6.07, 6.45) is -2.63. The van der Waals surface area contributed by atoms with Crippen LogP contribution < -0.4 is 5.32 Å². The van der Waals surface area contributed by atoms with E-state index in [0.29, 0.717) is 15.9 Å². The summed E-state index contributed by atoms with van der Waals surface area (Å²) in [7, 11) is 0. The van der Waals surface area contributed by atoms with Crippen LogP contribution in [-0.4, -0.2) is 16.0 Å². The fourth-order valence-electron chi connectivity index (χ4n) is 1.80. The van der Waals surface area contributed by atoms with E-state index in [1.54, 1.807) is 6.07 Å². The lowest BCUT2D eigenvalue weighted by molar-refractivity contribution is 0.0905. The van der Waals surface area contributed by atoms with Crippen LogP contribution in [0.25, 0.3) is 0 Å². The zero-order valence-electron chi connectivity index (χ0n) is 12.9. The number of hydrogen-bond donors (Lipinski definition) is 1. The highest BCUT2D eigenvalue weighted by Crippen LogP contribution is 2.26. The molecular weight excluding hydrogens is 372 g/mol. The van der Waals surface area contributed by atoms with Crippen LogP contribution in [0, 0.1) is 0 Å². The minimum absolute atomic E-state index is 0.0565. The number of benzene rings is 1. The van der Waals surface area contributed by atoms with Crippen LogP contribution in [0.3, 0.4) is 0 Å². The Morgan fingerprint density at radius 2 is 2.09 bits per heavy atom. The van der Waals surface area contributed by atoms with Gasteiger partial charge in [0.1, 0.15) is 0 Å². The molecule has 1 N–H and O–H groups in total. The van der Waals surface area contributed by atoms with E-state index in [-0.39, 0.29) is 23.4 Å². The van der Waals surface area contributed by atoms with E-state index in [4.69, 9.17) is 4.52 Å². The number of aromatic nitrogens is 2. The molecule has 23 heavy (non-hydrogen) atoms. The number of carbonyl (C=O) groups is 1. The van der Waals surface area contributed by atoms with E-state index in [0.717, 1.165) is 0 Å². The molecule has 0 spiro atoms. The SMILES string of the molecule is CC(C)(C)c1noc(C(=O)NCc2ccc(Br)cc2C(F)F)n1. The first-order valence-electron chi connectivity index (χ1n) is 6.87. The van der Waals surface area contributed by atoms with Crippen molar-refractivity contribution in [3.8, 4) is 0 Å². The van der Waals surface area contributed by atoms with Gasteiger partial charge in [0.25, 0.3) is 6.43 Å². The maximum absolute atomic E-state index is 13.0. The quantitative estimate of drug-likeness (QED) is 0.860. The molecule has 5 nitrogen and oxygen atoms in total. The largest absolute Gasteiger partial charge is 0.344 e. The van der Waals surface area contributed by atoms with Gasteiger partial charge in [-0.15, -0.1) is 0 Å². The molecular formula is C15H16BrF2N3O2. The first-order valence-corrected chi connectivity index (χ1v) is 7.66. The Kier molecular flexibility index (Phi) is 5.13. The zero-order chi connectivity index (χ0) is 17.2. The number of carbonyl (C=O) groups excluding carboxylic acids is 1. The Bertz CT molecular complexity index is 711. The van der Waals surface area contributed by atoms with Gasteiger partial charge in [0, 0.05) is 22.0 Å². The van der Waals surface area contributed by atoms with Crippen LogP contribution in [0.4, 0.5) is 8.78 Å². The highest BCUT2D eigenvalue weighted by molar-refractivity contribution is 9.10. The molecule has 1 aromatic carbocycles. The monoisotopic (exact) mass is 387 g/mol. The number of halogens is 3. The normalized spacial score (nSPS) is 11.8. The Hall–Kier alpha value is -1.83. The van der Waals surface area contributed by atoms with Gasteiger partial charge in [0.15, 0.2) is 5.82 Å². The molecule has 0 atom stereocenters. The molecule has 1 amide bonds. The third-order valence-corrected chi connectivity index (χ3v) is 3.57. The molecule has 0 aliphatic heterocycles. The van der Waals surface area contributed by atoms with Gasteiger partial charge in [-0.2, -0.15) is 4.98 Å². The molecule has 1 heterocycles. The minimum atomic E-state index is -2.63. The van der Waals surface area contributed by atoms with Crippen molar-refractivity contribution in [3.63, 3.8) is 0 Å². The van der Waals surface area contributed by atoms with Crippen LogP contribution in [0.1, 0.15) is 54.8 Å². The third-order valence-electron chi connectivity index (χ3n) is 3.07. The van der Waals surface area contributed by atoms with Gasteiger partial charge in [0.05, 0.1) is 0 Å². The first-order chi connectivity index (χ1) is 10.7. The summed E-state index contributed by atoms with van der Waals surface area (Å²) >= 11 is 3.15. The van der Waals surface area contributed by atoms with Gasteiger partial charge in [-0.3, -0.25) is 4.79 Å². The minimum Gasteiger partial charge on any atom is -0.344 e. The second kappa shape index (κ2) is 6.74. The average molecular weight is 388 g/mol. The smallest absolute Gasteiger partial charge is 0.315 e. The maximum atomic E-state index is 13.0. The predicted octanol–water partition coefficient (Wildman–Crippen LogP) is 4.00. The average Bonchev–Trinajstić information content (AvgIpc) is 2.95. The highest BCUT2D eigenvalue weighted by atomic mass is 79.9. The molecule has 0 aliphatic rings. The fourth-order valence-corrected chi connectivity index (χ4v) is 2.18. The summed E-state index contributed by atoms with van der Waals surface area (Å²) in [5.41, 5.74) is -0.163. The van der Waals surface area contributed by atoms with Crippen molar-refractivity contribution in [2.75, 3.05) is 0 Å². The lowest BCUT2D eigenvalue weighted by Crippen LogP contribution is -2.24. The lowest BCUT2D eigenvalue weighted by atomic mass is 9.96. The predicted molar refractivity (Wildman–Crippen MR) is 83.3 cm³/mol. The van der Waals surface area contributed by atoms with Gasteiger partial charge >= 0.3 is 11.8 Å². The van der Waals surface area contributed by atoms with Gasteiger partial charge in [-0.25, -0.2) is 8.78 Å². The summed E-state index contributed by atoms with van der Waals surface area (Å²) in [4.78, 5) is 16.0. The van der Waals surface area contributed by atoms with E-state index in [1.165, 1.54) is 12.1 Å². The fraction of sp³-hybridized carbons (Fsp3) is 0.400. The van der Waals surface area contributed by atoms with Crippen molar-refractivity contribution in [1.29, 1.82) is 0 Å². The number of nitrogens with one attached hydrogen (secondary N) is 1. The van der Waals surface area contributed by atoms with Crippen LogP contribution in [0.15, 0.2) is 27.2 Å². The van der Waals surface area contributed by atoms with Gasteiger partial charge < -0.3 is 9.84 Å². The van der Waals surface area contributed by atoms with Crippen molar-refractivity contribution in [2.45, 2.75) is 39.2 Å². The number of alkyl halides is 2. The molecule has 0 bridgehead atoms. The summed E-state index contributed by atoms with van der Waals surface area (Å²) in [6.45, 7) is 5.60. The van der Waals surface area contributed by atoms with E-state index >= 15 is 0 Å². The van der Waals surface area contributed by atoms with Crippen molar-refractivity contribution in [2.24, 2.45) is 0 Å². The number of amides is 1. The second-order valence-electron chi connectivity index (χ2n) is 6.00. The number of rotatable bonds is 4. The standard InChI is InChI=1S/C15H16BrF2N3O2/c1-15(2,3)14-20-13(23-21-14)12(22)19-7-8-4-5-9(16)6-10(8)11(17)18/h4-6,11H,7H2,1-3H3,(H,19,22). The van der Waals surface area contributed by atoms with Crippen molar-refractivity contribution >= 4 is 21.8 Å². The van der Waals surface area contributed by atoms with Crippen LogP contribution >= 0.6 is 15.9 Å². The molecule has 0 fully saturated rings. The Morgan fingerprint density at radius 1 is 1.39 bits per heavy atom. The maximum Gasteiger partial charge on any atom is 0.315 e. The molecule has 0 aliphatic carbocycles. The van der Waals surface area contributed by atoms with E-state index in [1.807, 2.05) is 20.8 Å². The van der Waals surface area contributed by atoms with Gasteiger partial charge in [-0.05, 0) is 17.7 Å². The molecule has 1 aromatic heterocycles. The second-order valence-corrected chi connectivity index (χ2v) is 6.92. The van der Waals surface area contributed by atoms with Crippen LogP contribution in [0.5, 0.6) is 0 Å². The Labute approximate surface area is 140 Å². The highest BCUT2D eigenvalue weighted by Gasteiger charge is 2.24. The lowest BCUT2D eigenvalue weighted by Gasteiger charge is -2.11. The van der Waals surface area contributed by atoms with Crippen molar-refractivity contribution < 1.29 is 18.1 Å². The summed E-state index contributed by atoms with van der Waals surface area (Å²) in [5, 5.41) is 6.26. The summed E-state index contributed by atoms with van der Waals surface area (Å²) < 4.78 is 31.5. The van der Waals surface area contributed by atoms with Crippen LogP contribution in [0.2, 0.25) is 0 Å². The summed E-state index contributed by atoms with van der Waals surface area (Å²) in [5.74, 6) is -0.388. The van der Waals surface area contributed by atoms with E-state index < -0.39 is 12.3 Å².